The Labute approximate surface area is 148 Å². The quantitative estimate of drug-likeness (QED) is 0.823. The van der Waals surface area contributed by atoms with E-state index in [0.717, 1.165) is 16.8 Å². The van der Waals surface area contributed by atoms with E-state index in [4.69, 9.17) is 4.74 Å². The van der Waals surface area contributed by atoms with Crippen LogP contribution in [0.5, 0.6) is 0 Å². The molecule has 0 radical (unpaired) electrons. The van der Waals surface area contributed by atoms with Crippen molar-refractivity contribution in [2.75, 3.05) is 5.32 Å². The standard InChI is InChI=1S/C18H16N2O4S/c1-9-2-4-10(5-3-9)11-8-25-18(19-11)20-16(21)14-12-6-7-13(24-12)15(14)17(22)23/h2-8,12-15H,1H3,(H,22,23)(H,19,20,21). The molecule has 1 saturated heterocycles. The normalized spacial score (nSPS) is 26.8. The monoisotopic (exact) mass is 356 g/mol. The number of aromatic nitrogens is 1. The smallest absolute Gasteiger partial charge is 0.310 e. The molecule has 25 heavy (non-hydrogen) atoms. The fraction of sp³-hybridized carbons (Fsp3) is 0.278. The van der Waals surface area contributed by atoms with Crippen molar-refractivity contribution in [2.24, 2.45) is 11.8 Å². The first kappa shape index (κ1) is 16.0. The highest BCUT2D eigenvalue weighted by Gasteiger charge is 2.53. The van der Waals surface area contributed by atoms with Crippen LogP contribution in [-0.4, -0.2) is 34.2 Å². The molecule has 2 aliphatic rings. The number of aryl methyl sites for hydroxylation is 1. The van der Waals surface area contributed by atoms with E-state index in [1.54, 1.807) is 12.2 Å². The molecule has 1 amide bonds. The Bertz CT molecular complexity index is 858. The molecule has 3 heterocycles. The van der Waals surface area contributed by atoms with Crippen LogP contribution in [-0.2, 0) is 14.3 Å². The molecule has 1 aromatic heterocycles. The van der Waals surface area contributed by atoms with Gasteiger partial charge in [0.1, 0.15) is 5.92 Å². The third-order valence-electron chi connectivity index (χ3n) is 4.57. The van der Waals surface area contributed by atoms with Gasteiger partial charge in [-0.1, -0.05) is 42.0 Å². The van der Waals surface area contributed by atoms with E-state index >= 15 is 0 Å². The number of thiazole rings is 1. The maximum absolute atomic E-state index is 12.6. The van der Waals surface area contributed by atoms with Crippen LogP contribution in [0, 0.1) is 18.8 Å². The van der Waals surface area contributed by atoms with E-state index in [-0.39, 0.29) is 5.91 Å². The molecule has 0 saturated carbocycles. The van der Waals surface area contributed by atoms with Gasteiger partial charge in [0.05, 0.1) is 23.8 Å². The number of carboxylic acids is 1. The summed E-state index contributed by atoms with van der Waals surface area (Å²) in [6, 6.07) is 7.96. The topological polar surface area (TPSA) is 88.5 Å². The number of benzene rings is 1. The van der Waals surface area contributed by atoms with E-state index < -0.39 is 30.0 Å². The minimum absolute atomic E-state index is 0.367. The molecular weight excluding hydrogens is 340 g/mol. The number of carbonyl (C=O) groups excluding carboxylic acids is 1. The molecule has 6 nitrogen and oxygen atoms in total. The molecule has 0 spiro atoms. The maximum Gasteiger partial charge on any atom is 0.310 e. The fourth-order valence-corrected chi connectivity index (χ4v) is 4.01. The highest BCUT2D eigenvalue weighted by molar-refractivity contribution is 7.14. The summed E-state index contributed by atoms with van der Waals surface area (Å²) in [5, 5.41) is 14.5. The van der Waals surface area contributed by atoms with Gasteiger partial charge in [-0.3, -0.25) is 9.59 Å². The van der Waals surface area contributed by atoms with Crippen LogP contribution in [0.15, 0.2) is 41.8 Å². The van der Waals surface area contributed by atoms with Crippen molar-refractivity contribution in [3.63, 3.8) is 0 Å². The van der Waals surface area contributed by atoms with E-state index in [2.05, 4.69) is 10.3 Å². The Balaban J connectivity index is 1.51. The number of hydrogen-bond donors (Lipinski definition) is 2. The zero-order chi connectivity index (χ0) is 17.6. The molecule has 2 N–H and O–H groups in total. The van der Waals surface area contributed by atoms with Crippen LogP contribution in [0.2, 0.25) is 0 Å². The molecule has 0 aliphatic carbocycles. The molecule has 1 fully saturated rings. The first-order chi connectivity index (χ1) is 12.0. The number of carbonyl (C=O) groups is 2. The lowest BCUT2D eigenvalue weighted by Crippen LogP contribution is -2.39. The van der Waals surface area contributed by atoms with Gasteiger partial charge in [0.25, 0.3) is 0 Å². The number of ether oxygens (including phenoxy) is 1. The molecule has 1 aromatic carbocycles. The number of aliphatic carboxylic acids is 1. The predicted molar refractivity (Wildman–Crippen MR) is 93.3 cm³/mol. The van der Waals surface area contributed by atoms with Gasteiger partial charge in [0.2, 0.25) is 5.91 Å². The van der Waals surface area contributed by atoms with Gasteiger partial charge >= 0.3 is 5.97 Å². The minimum atomic E-state index is -1.02. The Morgan fingerprint density at radius 3 is 2.52 bits per heavy atom. The second-order valence-electron chi connectivity index (χ2n) is 6.23. The molecule has 2 bridgehead atoms. The van der Waals surface area contributed by atoms with Crippen molar-refractivity contribution in [3.05, 3.63) is 47.4 Å². The molecule has 4 atom stereocenters. The van der Waals surface area contributed by atoms with Crippen LogP contribution in [0.25, 0.3) is 11.3 Å². The second-order valence-corrected chi connectivity index (χ2v) is 7.09. The van der Waals surface area contributed by atoms with Crippen LogP contribution in [0.4, 0.5) is 5.13 Å². The van der Waals surface area contributed by atoms with Crippen LogP contribution in [0.3, 0.4) is 0 Å². The van der Waals surface area contributed by atoms with Gasteiger partial charge in [-0.15, -0.1) is 11.3 Å². The summed E-state index contributed by atoms with van der Waals surface area (Å²) in [6.45, 7) is 2.02. The van der Waals surface area contributed by atoms with Crippen LogP contribution < -0.4 is 5.32 Å². The van der Waals surface area contributed by atoms with Crippen molar-refractivity contribution in [3.8, 4) is 11.3 Å². The summed E-state index contributed by atoms with van der Waals surface area (Å²) in [7, 11) is 0. The molecule has 2 aliphatic heterocycles. The first-order valence-electron chi connectivity index (χ1n) is 7.93. The predicted octanol–water partition coefficient (Wildman–Crippen LogP) is 2.71. The maximum atomic E-state index is 12.6. The van der Waals surface area contributed by atoms with Gasteiger partial charge in [-0.05, 0) is 6.92 Å². The number of anilines is 1. The number of nitrogens with one attached hydrogen (secondary N) is 1. The molecule has 7 heteroatoms. The van der Waals surface area contributed by atoms with Gasteiger partial charge in [0.15, 0.2) is 5.13 Å². The first-order valence-corrected chi connectivity index (χ1v) is 8.81. The highest BCUT2D eigenvalue weighted by Crippen LogP contribution is 2.40. The molecule has 4 unspecified atom stereocenters. The largest absolute Gasteiger partial charge is 0.481 e. The number of hydrogen-bond acceptors (Lipinski definition) is 5. The molecular formula is C18H16N2O4S. The van der Waals surface area contributed by atoms with E-state index in [1.807, 2.05) is 36.6 Å². The summed E-state index contributed by atoms with van der Waals surface area (Å²) in [6.07, 6.45) is 2.46. The van der Waals surface area contributed by atoms with Crippen LogP contribution >= 0.6 is 11.3 Å². The zero-order valence-corrected chi connectivity index (χ0v) is 14.2. The molecule has 4 rings (SSSR count). The summed E-state index contributed by atoms with van der Waals surface area (Å²) < 4.78 is 5.53. The number of nitrogens with zero attached hydrogens (tertiary/aromatic N) is 1. The fourth-order valence-electron chi connectivity index (χ4n) is 3.29. The lowest BCUT2D eigenvalue weighted by molar-refractivity contribution is -0.145. The highest BCUT2D eigenvalue weighted by atomic mass is 32.1. The number of carboxylic acid groups (broad SMARTS) is 1. The lowest BCUT2D eigenvalue weighted by atomic mass is 9.82. The summed E-state index contributed by atoms with van der Waals surface area (Å²) >= 11 is 1.32. The number of amides is 1. The van der Waals surface area contributed by atoms with E-state index in [9.17, 15) is 14.7 Å². The van der Waals surface area contributed by atoms with E-state index in [0.29, 0.717) is 5.13 Å². The lowest BCUT2D eigenvalue weighted by Gasteiger charge is -2.20. The SMILES string of the molecule is Cc1ccc(-c2csc(NC(=O)C3C4C=CC(O4)C3C(=O)O)n2)cc1. The molecule has 2 aromatic rings. The summed E-state index contributed by atoms with van der Waals surface area (Å²) in [5.74, 6) is -2.98. The van der Waals surface area contributed by atoms with Crippen molar-refractivity contribution in [2.45, 2.75) is 19.1 Å². The second kappa shape index (κ2) is 6.09. The van der Waals surface area contributed by atoms with Crippen molar-refractivity contribution >= 4 is 28.3 Å². The third-order valence-corrected chi connectivity index (χ3v) is 5.33. The Kier molecular flexibility index (Phi) is 3.89. The third kappa shape index (κ3) is 2.85. The van der Waals surface area contributed by atoms with Gasteiger partial charge in [-0.25, -0.2) is 4.98 Å². The van der Waals surface area contributed by atoms with Gasteiger partial charge < -0.3 is 15.2 Å². The number of fused-ring (bicyclic) bond motifs is 2. The van der Waals surface area contributed by atoms with Crippen molar-refractivity contribution in [1.29, 1.82) is 0 Å². The van der Waals surface area contributed by atoms with Gasteiger partial charge in [-0.2, -0.15) is 0 Å². The Morgan fingerprint density at radius 1 is 1.16 bits per heavy atom. The summed E-state index contributed by atoms with van der Waals surface area (Å²) in [4.78, 5) is 28.5. The van der Waals surface area contributed by atoms with Crippen molar-refractivity contribution < 1.29 is 19.4 Å². The van der Waals surface area contributed by atoms with Crippen LogP contribution in [0.1, 0.15) is 5.56 Å². The Morgan fingerprint density at radius 2 is 1.84 bits per heavy atom. The van der Waals surface area contributed by atoms with Gasteiger partial charge in [0, 0.05) is 10.9 Å². The average molecular weight is 356 g/mol. The average Bonchev–Trinajstić information content (AvgIpc) is 3.30. The number of rotatable bonds is 4. The zero-order valence-electron chi connectivity index (χ0n) is 13.4. The van der Waals surface area contributed by atoms with Crippen molar-refractivity contribution in [1.82, 2.24) is 4.98 Å². The Hall–Kier alpha value is -2.51. The molecule has 128 valence electrons. The van der Waals surface area contributed by atoms with E-state index in [1.165, 1.54) is 11.3 Å². The minimum Gasteiger partial charge on any atom is -0.481 e. The summed E-state index contributed by atoms with van der Waals surface area (Å²) in [5.41, 5.74) is 2.91.